The van der Waals surface area contributed by atoms with Crippen LogP contribution in [0, 0.1) is 0 Å². The van der Waals surface area contributed by atoms with Crippen molar-refractivity contribution >= 4 is 11.7 Å². The molecule has 0 aliphatic rings. The Morgan fingerprint density at radius 3 is 2.79 bits per heavy atom. The summed E-state index contributed by atoms with van der Waals surface area (Å²) in [7, 11) is 0. The molecule has 0 atom stereocenters. The number of carbonyl (C=O) groups is 1. The molecule has 0 amide bonds. The van der Waals surface area contributed by atoms with Crippen LogP contribution in [0.15, 0.2) is 36.4 Å². The Balaban J connectivity index is 2.46. The third-order valence-corrected chi connectivity index (χ3v) is 1.90. The van der Waals surface area contributed by atoms with E-state index in [2.05, 4.69) is 0 Å². The molecule has 0 saturated carbocycles. The van der Waals surface area contributed by atoms with Crippen LogP contribution in [-0.4, -0.2) is 11.1 Å². The predicted molar refractivity (Wildman–Crippen MR) is 56.0 cm³/mol. The molecule has 0 bridgehead atoms. The van der Waals surface area contributed by atoms with Crippen molar-refractivity contribution in [3.8, 4) is 0 Å². The maximum absolute atomic E-state index is 10.2. The molecule has 0 heterocycles. The molecule has 0 aliphatic carbocycles. The van der Waals surface area contributed by atoms with Crippen molar-refractivity contribution in [3.63, 3.8) is 0 Å². The molecule has 3 heteroatoms. The van der Waals surface area contributed by atoms with Crippen molar-refractivity contribution in [2.45, 2.75) is 12.8 Å². The van der Waals surface area contributed by atoms with Crippen molar-refractivity contribution in [2.24, 2.45) is 0 Å². The summed E-state index contributed by atoms with van der Waals surface area (Å²) in [5.74, 6) is -0.911. The van der Waals surface area contributed by atoms with Crippen LogP contribution in [0.1, 0.15) is 12.0 Å². The van der Waals surface area contributed by atoms with Gasteiger partial charge in [0.2, 0.25) is 0 Å². The number of rotatable bonds is 4. The van der Waals surface area contributed by atoms with Gasteiger partial charge in [0.25, 0.3) is 0 Å². The van der Waals surface area contributed by atoms with Gasteiger partial charge in [-0.2, -0.15) is 0 Å². The van der Waals surface area contributed by atoms with E-state index in [1.54, 1.807) is 6.08 Å². The van der Waals surface area contributed by atoms with Crippen molar-refractivity contribution in [3.05, 3.63) is 42.0 Å². The van der Waals surface area contributed by atoms with Crippen LogP contribution in [0.2, 0.25) is 0 Å². The molecular weight excluding hydrogens is 178 g/mol. The number of carboxylic acid groups (broad SMARTS) is 1. The van der Waals surface area contributed by atoms with Gasteiger partial charge in [-0.3, -0.25) is 0 Å². The number of aryl methyl sites for hydroxylation is 1. The third kappa shape index (κ3) is 3.31. The van der Waals surface area contributed by atoms with Crippen LogP contribution >= 0.6 is 0 Å². The fourth-order valence-corrected chi connectivity index (χ4v) is 1.18. The molecule has 0 saturated heterocycles. The first-order valence-electron chi connectivity index (χ1n) is 4.43. The molecule has 0 aromatic heterocycles. The van der Waals surface area contributed by atoms with E-state index in [0.717, 1.165) is 23.7 Å². The Kier molecular flexibility index (Phi) is 3.73. The Labute approximate surface area is 82.9 Å². The van der Waals surface area contributed by atoms with E-state index < -0.39 is 5.97 Å². The SMILES string of the molecule is Nc1ccccc1CCC=CC(=O)O. The van der Waals surface area contributed by atoms with E-state index in [1.165, 1.54) is 0 Å². The van der Waals surface area contributed by atoms with Crippen molar-refractivity contribution in [1.29, 1.82) is 0 Å². The van der Waals surface area contributed by atoms with Crippen LogP contribution < -0.4 is 5.73 Å². The number of hydrogen-bond donors (Lipinski definition) is 2. The molecule has 14 heavy (non-hydrogen) atoms. The van der Waals surface area contributed by atoms with Crippen LogP contribution in [0.5, 0.6) is 0 Å². The van der Waals surface area contributed by atoms with E-state index in [0.29, 0.717) is 6.42 Å². The minimum Gasteiger partial charge on any atom is -0.478 e. The number of nitrogen functional groups attached to an aromatic ring is 1. The summed E-state index contributed by atoms with van der Waals surface area (Å²) in [5.41, 5.74) is 7.54. The van der Waals surface area contributed by atoms with Gasteiger partial charge in [-0.05, 0) is 24.5 Å². The van der Waals surface area contributed by atoms with Gasteiger partial charge in [0.15, 0.2) is 0 Å². The minimum atomic E-state index is -0.911. The Bertz CT molecular complexity index is 345. The first-order chi connectivity index (χ1) is 6.70. The van der Waals surface area contributed by atoms with Gasteiger partial charge >= 0.3 is 5.97 Å². The summed E-state index contributed by atoms with van der Waals surface area (Å²) in [6.45, 7) is 0. The zero-order valence-corrected chi connectivity index (χ0v) is 7.81. The molecular formula is C11H13NO2. The van der Waals surface area contributed by atoms with Gasteiger partial charge in [-0.1, -0.05) is 24.3 Å². The molecule has 3 nitrogen and oxygen atoms in total. The zero-order chi connectivity index (χ0) is 10.4. The minimum absolute atomic E-state index is 0.695. The van der Waals surface area contributed by atoms with Gasteiger partial charge in [0, 0.05) is 11.8 Å². The highest BCUT2D eigenvalue weighted by Crippen LogP contribution is 2.12. The lowest BCUT2D eigenvalue weighted by Gasteiger charge is -2.01. The van der Waals surface area contributed by atoms with Gasteiger partial charge in [0.1, 0.15) is 0 Å². The normalized spacial score (nSPS) is 10.6. The van der Waals surface area contributed by atoms with Gasteiger partial charge in [-0.25, -0.2) is 4.79 Å². The quantitative estimate of drug-likeness (QED) is 0.563. The Morgan fingerprint density at radius 2 is 2.14 bits per heavy atom. The van der Waals surface area contributed by atoms with Crippen molar-refractivity contribution in [2.75, 3.05) is 5.73 Å². The number of nitrogens with two attached hydrogens (primary N) is 1. The second-order valence-electron chi connectivity index (χ2n) is 2.98. The van der Waals surface area contributed by atoms with Crippen LogP contribution in [0.4, 0.5) is 5.69 Å². The summed E-state index contributed by atoms with van der Waals surface area (Å²) >= 11 is 0. The molecule has 0 unspecified atom stereocenters. The third-order valence-electron chi connectivity index (χ3n) is 1.90. The van der Waals surface area contributed by atoms with Gasteiger partial charge in [0.05, 0.1) is 0 Å². The van der Waals surface area contributed by atoms with Gasteiger partial charge in [-0.15, -0.1) is 0 Å². The second-order valence-corrected chi connectivity index (χ2v) is 2.98. The summed E-state index contributed by atoms with van der Waals surface area (Å²) in [6, 6.07) is 7.60. The maximum atomic E-state index is 10.2. The lowest BCUT2D eigenvalue weighted by atomic mass is 10.1. The smallest absolute Gasteiger partial charge is 0.327 e. The Morgan fingerprint density at radius 1 is 1.43 bits per heavy atom. The van der Waals surface area contributed by atoms with Crippen molar-refractivity contribution < 1.29 is 9.90 Å². The first kappa shape index (κ1) is 10.3. The van der Waals surface area contributed by atoms with Gasteiger partial charge < -0.3 is 10.8 Å². The number of anilines is 1. The Hall–Kier alpha value is -1.77. The fourth-order valence-electron chi connectivity index (χ4n) is 1.18. The molecule has 1 aromatic carbocycles. The fraction of sp³-hybridized carbons (Fsp3) is 0.182. The molecule has 0 fully saturated rings. The van der Waals surface area contributed by atoms with Crippen molar-refractivity contribution in [1.82, 2.24) is 0 Å². The average molecular weight is 191 g/mol. The first-order valence-corrected chi connectivity index (χ1v) is 4.43. The lowest BCUT2D eigenvalue weighted by molar-refractivity contribution is -0.131. The molecule has 0 radical (unpaired) electrons. The molecule has 0 spiro atoms. The van der Waals surface area contributed by atoms with E-state index in [4.69, 9.17) is 10.8 Å². The molecule has 1 rings (SSSR count). The number of para-hydroxylation sites is 1. The number of carboxylic acids is 1. The monoisotopic (exact) mass is 191 g/mol. The molecule has 0 aliphatic heterocycles. The second kappa shape index (κ2) is 5.07. The number of allylic oxidation sites excluding steroid dienone is 1. The predicted octanol–water partition coefficient (Wildman–Crippen LogP) is 1.84. The standard InChI is InChI=1S/C11H13NO2/c12-10-7-3-1-5-9(10)6-2-4-8-11(13)14/h1,3-5,7-8H,2,6,12H2,(H,13,14). The van der Waals surface area contributed by atoms with E-state index >= 15 is 0 Å². The summed E-state index contributed by atoms with van der Waals surface area (Å²) in [6.07, 6.45) is 4.25. The number of hydrogen-bond acceptors (Lipinski definition) is 2. The number of aliphatic carboxylic acids is 1. The van der Waals surface area contributed by atoms with E-state index in [9.17, 15) is 4.79 Å². The van der Waals surface area contributed by atoms with E-state index in [1.807, 2.05) is 24.3 Å². The van der Waals surface area contributed by atoms with Crippen LogP contribution in [-0.2, 0) is 11.2 Å². The average Bonchev–Trinajstić information content (AvgIpc) is 2.15. The number of benzene rings is 1. The molecule has 1 aromatic rings. The lowest BCUT2D eigenvalue weighted by Crippen LogP contribution is -1.93. The highest BCUT2D eigenvalue weighted by Gasteiger charge is 1.95. The largest absolute Gasteiger partial charge is 0.478 e. The highest BCUT2D eigenvalue weighted by atomic mass is 16.4. The zero-order valence-electron chi connectivity index (χ0n) is 7.81. The summed E-state index contributed by atoms with van der Waals surface area (Å²) in [5, 5.41) is 8.35. The maximum Gasteiger partial charge on any atom is 0.327 e. The van der Waals surface area contributed by atoms with Crippen LogP contribution in [0.3, 0.4) is 0 Å². The summed E-state index contributed by atoms with van der Waals surface area (Å²) in [4.78, 5) is 10.2. The summed E-state index contributed by atoms with van der Waals surface area (Å²) < 4.78 is 0. The van der Waals surface area contributed by atoms with Crippen LogP contribution in [0.25, 0.3) is 0 Å². The topological polar surface area (TPSA) is 63.3 Å². The van der Waals surface area contributed by atoms with E-state index in [-0.39, 0.29) is 0 Å². The highest BCUT2D eigenvalue weighted by molar-refractivity contribution is 5.79. The molecule has 3 N–H and O–H groups in total. The molecule has 74 valence electrons.